The predicted octanol–water partition coefficient (Wildman–Crippen LogP) is 2.23. The lowest BCUT2D eigenvalue weighted by Gasteiger charge is -2.15. The average molecular weight is 387 g/mol. The van der Waals surface area contributed by atoms with Crippen LogP contribution in [0.1, 0.15) is 19.4 Å². The Morgan fingerprint density at radius 2 is 1.78 bits per heavy atom. The molecule has 1 aromatic rings. The Kier molecular flexibility index (Phi) is 6.15. The van der Waals surface area contributed by atoms with Gasteiger partial charge in [0, 0.05) is 10.9 Å². The summed E-state index contributed by atoms with van der Waals surface area (Å²) in [7, 11) is 1.23. The molecule has 1 unspecified atom stereocenters. The van der Waals surface area contributed by atoms with Crippen molar-refractivity contribution in [1.29, 1.82) is 0 Å². The summed E-state index contributed by atoms with van der Waals surface area (Å²) in [6.45, 7) is 3.44. The van der Waals surface area contributed by atoms with Crippen molar-refractivity contribution >= 4 is 27.9 Å². The van der Waals surface area contributed by atoms with Crippen LogP contribution in [-0.4, -0.2) is 43.7 Å². The molecular weight excluding hydrogens is 368 g/mol. The van der Waals surface area contributed by atoms with Gasteiger partial charge in [-0.15, -0.1) is 0 Å². The van der Waals surface area contributed by atoms with Gasteiger partial charge in [-0.1, -0.05) is 34.1 Å². The Balaban J connectivity index is 2.11. The fraction of sp³-hybridized carbons (Fsp3) is 0.500. The number of carbonyl (C=O) groups excluding carboxylic acids is 2. The molecule has 0 aromatic heterocycles. The van der Waals surface area contributed by atoms with E-state index in [1.807, 2.05) is 24.3 Å². The van der Waals surface area contributed by atoms with Crippen molar-refractivity contribution in [2.45, 2.75) is 44.9 Å². The monoisotopic (exact) mass is 386 g/mol. The second kappa shape index (κ2) is 7.90. The minimum Gasteiger partial charge on any atom is -0.467 e. The number of ether oxygens (including phenoxy) is 4. The third-order valence-electron chi connectivity index (χ3n) is 3.23. The lowest BCUT2D eigenvalue weighted by Crippen LogP contribution is -2.39. The standard InChI is InChI=1S/C16H19BrO6/c1-9(2)21-16(19)14-13(15(18)20-3)22-12(23-14)8-10-6-4-5-7-11(10)17/h4-7,9,12-14H,8H2,1-3H3/t12?,13-,14-/m1/s1. The number of benzene rings is 1. The van der Waals surface area contributed by atoms with E-state index in [1.165, 1.54) is 7.11 Å². The number of rotatable bonds is 5. The number of carbonyl (C=O) groups is 2. The Hall–Kier alpha value is -1.44. The fourth-order valence-corrected chi connectivity index (χ4v) is 2.66. The second-order valence-corrected chi connectivity index (χ2v) is 6.20. The summed E-state index contributed by atoms with van der Waals surface area (Å²) >= 11 is 3.44. The van der Waals surface area contributed by atoms with E-state index < -0.39 is 30.4 Å². The highest BCUT2D eigenvalue weighted by atomic mass is 79.9. The molecule has 1 heterocycles. The molecule has 1 aliphatic rings. The van der Waals surface area contributed by atoms with Gasteiger partial charge in [-0.05, 0) is 25.5 Å². The van der Waals surface area contributed by atoms with Crippen LogP contribution in [0.15, 0.2) is 28.7 Å². The third-order valence-corrected chi connectivity index (χ3v) is 4.01. The molecule has 126 valence electrons. The molecule has 23 heavy (non-hydrogen) atoms. The third kappa shape index (κ3) is 4.53. The average Bonchev–Trinajstić information content (AvgIpc) is 2.92. The van der Waals surface area contributed by atoms with Crippen LogP contribution >= 0.6 is 15.9 Å². The minimum atomic E-state index is -1.13. The zero-order valence-corrected chi connectivity index (χ0v) is 14.7. The molecule has 2 rings (SSSR count). The highest BCUT2D eigenvalue weighted by molar-refractivity contribution is 9.10. The van der Waals surface area contributed by atoms with E-state index in [4.69, 9.17) is 14.2 Å². The van der Waals surface area contributed by atoms with Gasteiger partial charge in [-0.2, -0.15) is 0 Å². The van der Waals surface area contributed by atoms with Crippen LogP contribution in [0.3, 0.4) is 0 Å². The quantitative estimate of drug-likeness (QED) is 0.722. The molecule has 1 aliphatic heterocycles. The highest BCUT2D eigenvalue weighted by Crippen LogP contribution is 2.27. The molecule has 0 saturated carbocycles. The summed E-state index contributed by atoms with van der Waals surface area (Å²) in [5.74, 6) is -1.30. The molecule has 0 bridgehead atoms. The van der Waals surface area contributed by atoms with Gasteiger partial charge in [0.15, 0.2) is 18.5 Å². The molecular formula is C16H19BrO6. The predicted molar refractivity (Wildman–Crippen MR) is 84.6 cm³/mol. The van der Waals surface area contributed by atoms with Crippen LogP contribution < -0.4 is 0 Å². The number of hydrogen-bond donors (Lipinski definition) is 0. The lowest BCUT2D eigenvalue weighted by atomic mass is 10.1. The van der Waals surface area contributed by atoms with Crippen LogP contribution in [0.25, 0.3) is 0 Å². The Bertz CT molecular complexity index is 573. The van der Waals surface area contributed by atoms with Crippen LogP contribution in [0.4, 0.5) is 0 Å². The normalized spacial score (nSPS) is 23.8. The maximum Gasteiger partial charge on any atom is 0.339 e. The molecule has 1 fully saturated rings. The summed E-state index contributed by atoms with van der Waals surface area (Å²) in [4.78, 5) is 23.9. The van der Waals surface area contributed by atoms with Crippen molar-refractivity contribution in [3.8, 4) is 0 Å². The van der Waals surface area contributed by atoms with E-state index in [9.17, 15) is 9.59 Å². The highest BCUT2D eigenvalue weighted by Gasteiger charge is 2.47. The van der Waals surface area contributed by atoms with Crippen LogP contribution in [0, 0.1) is 0 Å². The van der Waals surface area contributed by atoms with Crippen LogP contribution in [-0.2, 0) is 35.0 Å². The molecule has 0 spiro atoms. The van der Waals surface area contributed by atoms with Crippen molar-refractivity contribution in [3.05, 3.63) is 34.3 Å². The van der Waals surface area contributed by atoms with Crippen LogP contribution in [0.2, 0.25) is 0 Å². The summed E-state index contributed by atoms with van der Waals surface area (Å²) < 4.78 is 21.9. The zero-order chi connectivity index (χ0) is 17.0. The molecule has 0 aliphatic carbocycles. The van der Waals surface area contributed by atoms with Crippen LogP contribution in [0.5, 0.6) is 0 Å². The number of halogens is 1. The summed E-state index contributed by atoms with van der Waals surface area (Å²) in [6, 6.07) is 7.58. The maximum absolute atomic E-state index is 12.1. The van der Waals surface area contributed by atoms with Gasteiger partial charge in [0.25, 0.3) is 0 Å². The van der Waals surface area contributed by atoms with E-state index in [2.05, 4.69) is 20.7 Å². The Labute approximate surface area is 143 Å². The Morgan fingerprint density at radius 3 is 2.35 bits per heavy atom. The molecule has 0 N–H and O–H groups in total. The second-order valence-electron chi connectivity index (χ2n) is 5.35. The molecule has 3 atom stereocenters. The molecule has 0 radical (unpaired) electrons. The summed E-state index contributed by atoms with van der Waals surface area (Å²) in [5, 5.41) is 0. The largest absolute Gasteiger partial charge is 0.467 e. The van der Waals surface area contributed by atoms with E-state index >= 15 is 0 Å². The molecule has 1 aromatic carbocycles. The van der Waals surface area contributed by atoms with Gasteiger partial charge < -0.3 is 18.9 Å². The first-order valence-electron chi connectivity index (χ1n) is 7.25. The van der Waals surface area contributed by atoms with Crippen molar-refractivity contribution in [1.82, 2.24) is 0 Å². The first-order valence-corrected chi connectivity index (χ1v) is 8.04. The number of hydrogen-bond acceptors (Lipinski definition) is 6. The number of methoxy groups -OCH3 is 1. The van der Waals surface area contributed by atoms with Gasteiger partial charge >= 0.3 is 11.9 Å². The molecule has 7 heteroatoms. The van der Waals surface area contributed by atoms with Gasteiger partial charge in [0.2, 0.25) is 0 Å². The minimum absolute atomic E-state index is 0.313. The summed E-state index contributed by atoms with van der Waals surface area (Å²) in [6.07, 6.45) is -2.91. The van der Waals surface area contributed by atoms with Crippen molar-refractivity contribution in [2.24, 2.45) is 0 Å². The molecule has 1 saturated heterocycles. The SMILES string of the molecule is COC(=O)[C@@H]1OC(Cc2ccccc2Br)O[C@H]1C(=O)OC(C)C. The van der Waals surface area contributed by atoms with Crippen molar-refractivity contribution in [2.75, 3.05) is 7.11 Å². The van der Waals surface area contributed by atoms with Crippen molar-refractivity contribution in [3.63, 3.8) is 0 Å². The van der Waals surface area contributed by atoms with Gasteiger partial charge in [-0.25, -0.2) is 9.59 Å². The molecule has 6 nitrogen and oxygen atoms in total. The first kappa shape index (κ1) is 17.9. The van der Waals surface area contributed by atoms with E-state index in [1.54, 1.807) is 13.8 Å². The van der Waals surface area contributed by atoms with Gasteiger partial charge in [0.1, 0.15) is 0 Å². The Morgan fingerprint density at radius 1 is 1.17 bits per heavy atom. The fourth-order valence-electron chi connectivity index (χ4n) is 2.22. The van der Waals surface area contributed by atoms with Gasteiger partial charge in [0.05, 0.1) is 13.2 Å². The maximum atomic E-state index is 12.1. The summed E-state index contributed by atoms with van der Waals surface area (Å²) in [5.41, 5.74) is 0.944. The zero-order valence-electron chi connectivity index (χ0n) is 13.2. The lowest BCUT2D eigenvalue weighted by molar-refractivity contribution is -0.164. The van der Waals surface area contributed by atoms with Gasteiger partial charge in [-0.3, -0.25) is 0 Å². The number of esters is 2. The topological polar surface area (TPSA) is 71.1 Å². The smallest absolute Gasteiger partial charge is 0.339 e. The molecule has 0 amide bonds. The van der Waals surface area contributed by atoms with E-state index in [0.717, 1.165) is 10.0 Å². The first-order chi connectivity index (χ1) is 10.9. The van der Waals surface area contributed by atoms with Crippen molar-refractivity contribution < 1.29 is 28.5 Å². The van der Waals surface area contributed by atoms with E-state index in [0.29, 0.717) is 6.42 Å². The van der Waals surface area contributed by atoms with E-state index in [-0.39, 0.29) is 6.10 Å².